The molecule has 0 spiro atoms. The van der Waals surface area contributed by atoms with Crippen LogP contribution in [0.25, 0.3) is 0 Å². The summed E-state index contributed by atoms with van der Waals surface area (Å²) < 4.78 is 5.37. The molecule has 114 valence electrons. The van der Waals surface area contributed by atoms with Gasteiger partial charge >= 0.3 is 5.97 Å². The zero-order valence-corrected chi connectivity index (χ0v) is 13.1. The van der Waals surface area contributed by atoms with Crippen molar-refractivity contribution in [2.24, 2.45) is 11.3 Å². The Labute approximate surface area is 124 Å². The van der Waals surface area contributed by atoms with Gasteiger partial charge in [-0.2, -0.15) is 0 Å². The van der Waals surface area contributed by atoms with Crippen molar-refractivity contribution in [1.29, 1.82) is 0 Å². The van der Waals surface area contributed by atoms with E-state index in [-0.39, 0.29) is 11.3 Å². The van der Waals surface area contributed by atoms with Gasteiger partial charge in [0.1, 0.15) is 6.04 Å². The van der Waals surface area contributed by atoms with E-state index < -0.39 is 17.4 Å². The molecule has 0 bridgehead atoms. The second-order valence-electron chi connectivity index (χ2n) is 6.49. The van der Waals surface area contributed by atoms with E-state index in [1.807, 2.05) is 20.8 Å². The zero-order chi connectivity index (χ0) is 14.9. The van der Waals surface area contributed by atoms with Gasteiger partial charge in [-0.3, -0.25) is 4.79 Å². The fourth-order valence-corrected chi connectivity index (χ4v) is 4.36. The standard InChI is InChI=1S/C14H23NO4S/c1-14(2,3)13(18)15-10(12(16)17)8-20-11(15)9-4-6-19-7-5-9/h9-11H,4-8H2,1-3H3,(H,16,17). The lowest BCUT2D eigenvalue weighted by atomic mass is 9.92. The Morgan fingerprint density at radius 3 is 2.35 bits per heavy atom. The molecular formula is C14H23NO4S. The molecule has 2 unspecified atom stereocenters. The molecule has 5 nitrogen and oxygen atoms in total. The molecule has 2 rings (SSSR count). The topological polar surface area (TPSA) is 66.8 Å². The number of aliphatic carboxylic acids is 1. The van der Waals surface area contributed by atoms with Gasteiger partial charge in [-0.05, 0) is 18.8 Å². The maximum atomic E-state index is 12.7. The molecular weight excluding hydrogens is 278 g/mol. The van der Waals surface area contributed by atoms with Crippen molar-refractivity contribution in [2.75, 3.05) is 19.0 Å². The average molecular weight is 301 g/mol. The minimum absolute atomic E-state index is 0.0216. The van der Waals surface area contributed by atoms with Crippen molar-refractivity contribution >= 4 is 23.6 Å². The second-order valence-corrected chi connectivity index (χ2v) is 7.64. The number of carboxylic acid groups (broad SMARTS) is 1. The van der Waals surface area contributed by atoms with Crippen LogP contribution in [0.3, 0.4) is 0 Å². The van der Waals surface area contributed by atoms with Gasteiger partial charge in [0.05, 0.1) is 5.37 Å². The van der Waals surface area contributed by atoms with Crippen molar-refractivity contribution in [3.63, 3.8) is 0 Å². The molecule has 2 heterocycles. The van der Waals surface area contributed by atoms with Gasteiger partial charge in [0.25, 0.3) is 0 Å². The van der Waals surface area contributed by atoms with Gasteiger partial charge in [0.2, 0.25) is 5.91 Å². The summed E-state index contributed by atoms with van der Waals surface area (Å²) in [5, 5.41) is 9.36. The lowest BCUT2D eigenvalue weighted by molar-refractivity contribution is -0.154. The number of carbonyl (C=O) groups excluding carboxylic acids is 1. The number of carbonyl (C=O) groups is 2. The van der Waals surface area contributed by atoms with E-state index in [9.17, 15) is 14.7 Å². The van der Waals surface area contributed by atoms with Crippen LogP contribution in [0.1, 0.15) is 33.6 Å². The number of nitrogens with zero attached hydrogens (tertiary/aromatic N) is 1. The van der Waals surface area contributed by atoms with Crippen molar-refractivity contribution in [1.82, 2.24) is 4.90 Å². The number of amides is 1. The van der Waals surface area contributed by atoms with E-state index in [0.29, 0.717) is 24.9 Å². The van der Waals surface area contributed by atoms with Gasteiger partial charge in [-0.25, -0.2) is 4.79 Å². The Morgan fingerprint density at radius 1 is 1.25 bits per heavy atom. The molecule has 0 aromatic heterocycles. The van der Waals surface area contributed by atoms with Crippen LogP contribution in [-0.4, -0.2) is 52.3 Å². The first-order valence-corrected chi connectivity index (χ1v) is 8.12. The Morgan fingerprint density at radius 2 is 1.85 bits per heavy atom. The fourth-order valence-electron chi connectivity index (χ4n) is 2.73. The summed E-state index contributed by atoms with van der Waals surface area (Å²) in [7, 11) is 0. The van der Waals surface area contributed by atoms with Crippen molar-refractivity contribution < 1.29 is 19.4 Å². The highest BCUT2D eigenvalue weighted by molar-refractivity contribution is 8.00. The Kier molecular flexibility index (Phi) is 4.64. The summed E-state index contributed by atoms with van der Waals surface area (Å²) >= 11 is 1.61. The lowest BCUT2D eigenvalue weighted by Gasteiger charge is -2.37. The minimum atomic E-state index is -0.898. The summed E-state index contributed by atoms with van der Waals surface area (Å²) in [4.78, 5) is 25.7. The zero-order valence-electron chi connectivity index (χ0n) is 12.3. The van der Waals surface area contributed by atoms with E-state index >= 15 is 0 Å². The fraction of sp³-hybridized carbons (Fsp3) is 0.857. The SMILES string of the molecule is CC(C)(C)C(=O)N1C(C(=O)O)CSC1C1CCOCC1. The molecule has 2 atom stereocenters. The normalized spacial score (nSPS) is 28.6. The molecule has 6 heteroatoms. The highest BCUT2D eigenvalue weighted by Gasteiger charge is 2.47. The smallest absolute Gasteiger partial charge is 0.327 e. The lowest BCUT2D eigenvalue weighted by Crippen LogP contribution is -2.52. The number of ether oxygens (including phenoxy) is 1. The quantitative estimate of drug-likeness (QED) is 0.842. The predicted octanol–water partition coefficient (Wildman–Crippen LogP) is 1.81. The Bertz CT molecular complexity index is 387. The van der Waals surface area contributed by atoms with E-state index in [1.165, 1.54) is 0 Å². The van der Waals surface area contributed by atoms with Crippen LogP contribution in [0.4, 0.5) is 0 Å². The summed E-state index contributed by atoms with van der Waals surface area (Å²) in [6, 6.07) is -0.695. The van der Waals surface area contributed by atoms with Crippen LogP contribution in [0.5, 0.6) is 0 Å². The summed E-state index contributed by atoms with van der Waals surface area (Å²) in [6.07, 6.45) is 1.80. The number of carboxylic acids is 1. The van der Waals surface area contributed by atoms with E-state index in [1.54, 1.807) is 16.7 Å². The van der Waals surface area contributed by atoms with Crippen LogP contribution in [0, 0.1) is 11.3 Å². The van der Waals surface area contributed by atoms with Crippen LogP contribution < -0.4 is 0 Å². The number of rotatable bonds is 2. The molecule has 2 aliphatic rings. The largest absolute Gasteiger partial charge is 0.480 e. The van der Waals surface area contributed by atoms with Crippen molar-refractivity contribution in [3.8, 4) is 0 Å². The summed E-state index contributed by atoms with van der Waals surface area (Å²) in [5.41, 5.74) is -0.554. The third kappa shape index (κ3) is 3.11. The van der Waals surface area contributed by atoms with E-state index in [0.717, 1.165) is 12.8 Å². The molecule has 20 heavy (non-hydrogen) atoms. The van der Waals surface area contributed by atoms with E-state index in [4.69, 9.17) is 4.74 Å². The molecule has 0 aromatic carbocycles. The van der Waals surface area contributed by atoms with Gasteiger partial charge in [-0.15, -0.1) is 11.8 Å². The van der Waals surface area contributed by atoms with Gasteiger partial charge < -0.3 is 14.7 Å². The van der Waals surface area contributed by atoms with Gasteiger partial charge in [-0.1, -0.05) is 20.8 Å². The molecule has 1 amide bonds. The molecule has 2 saturated heterocycles. The highest BCUT2D eigenvalue weighted by atomic mass is 32.2. The minimum Gasteiger partial charge on any atom is -0.480 e. The molecule has 0 radical (unpaired) electrons. The van der Waals surface area contributed by atoms with Crippen LogP contribution in [0.2, 0.25) is 0 Å². The molecule has 0 saturated carbocycles. The maximum Gasteiger partial charge on any atom is 0.327 e. The number of hydrogen-bond donors (Lipinski definition) is 1. The summed E-state index contributed by atoms with van der Waals surface area (Å²) in [6.45, 7) is 6.95. The molecule has 2 aliphatic heterocycles. The third-order valence-corrected chi connectivity index (χ3v) is 5.33. The molecule has 1 N–H and O–H groups in total. The first kappa shape index (κ1) is 15.6. The highest BCUT2D eigenvalue weighted by Crippen LogP contribution is 2.40. The maximum absolute atomic E-state index is 12.7. The monoisotopic (exact) mass is 301 g/mol. The summed E-state index contributed by atoms with van der Waals surface area (Å²) in [5.74, 6) is -0.139. The molecule has 0 aromatic rings. The molecule has 2 fully saturated rings. The van der Waals surface area contributed by atoms with Crippen LogP contribution in [0.15, 0.2) is 0 Å². The van der Waals surface area contributed by atoms with Crippen LogP contribution in [-0.2, 0) is 14.3 Å². The third-order valence-electron chi connectivity index (χ3n) is 3.87. The Balaban J connectivity index is 2.22. The van der Waals surface area contributed by atoms with E-state index in [2.05, 4.69) is 0 Å². The molecule has 0 aliphatic carbocycles. The Hall–Kier alpha value is -0.750. The first-order chi connectivity index (χ1) is 9.32. The van der Waals surface area contributed by atoms with Gasteiger partial charge in [0, 0.05) is 24.4 Å². The van der Waals surface area contributed by atoms with Crippen molar-refractivity contribution in [3.05, 3.63) is 0 Å². The van der Waals surface area contributed by atoms with Gasteiger partial charge in [0.15, 0.2) is 0 Å². The number of thioether (sulfide) groups is 1. The number of hydrogen-bond acceptors (Lipinski definition) is 4. The van der Waals surface area contributed by atoms with Crippen LogP contribution >= 0.6 is 11.8 Å². The predicted molar refractivity (Wildman–Crippen MR) is 77.5 cm³/mol. The second kappa shape index (κ2) is 5.93. The first-order valence-electron chi connectivity index (χ1n) is 7.07. The van der Waals surface area contributed by atoms with Crippen molar-refractivity contribution in [2.45, 2.75) is 45.0 Å². The average Bonchev–Trinajstić information content (AvgIpc) is 2.82.